The number of halogens is 3. The Bertz CT molecular complexity index is 1600. The summed E-state index contributed by atoms with van der Waals surface area (Å²) in [4.78, 5) is 21.2. The van der Waals surface area contributed by atoms with Crippen LogP contribution < -0.4 is 11.1 Å². The molecule has 1 aromatic heterocycles. The molecule has 0 atom stereocenters. The molecule has 3 N–H and O–H groups in total. The first-order valence-electron chi connectivity index (χ1n) is 12.8. The standard InChI is InChI=1S/C31H28F3N5O/c1-38-14-16-39(17-15-38)20-24-12-13-25(18-28(24)31(32,33)34)37-30(40)22-9-6-21(7-10-22)8-11-23-19-36-29(35)27-5-3-2-4-26(23)27/h2-7,9-10,12-13,18-19H,14-17,20H2,1H3,(H2,35,36)(H,37,40). The summed E-state index contributed by atoms with van der Waals surface area (Å²) in [6.45, 7) is 3.26. The number of amides is 1. The van der Waals surface area contributed by atoms with Gasteiger partial charge in [-0.1, -0.05) is 42.2 Å². The summed E-state index contributed by atoms with van der Waals surface area (Å²) in [5, 5.41) is 4.31. The number of hydrogen-bond donors (Lipinski definition) is 2. The third-order valence-electron chi connectivity index (χ3n) is 6.98. The Labute approximate surface area is 230 Å². The number of aromatic nitrogens is 1. The van der Waals surface area contributed by atoms with Crippen LogP contribution in [0.2, 0.25) is 0 Å². The molecule has 3 aromatic carbocycles. The molecule has 1 fully saturated rings. The molecule has 4 aromatic rings. The largest absolute Gasteiger partial charge is 0.416 e. The Morgan fingerprint density at radius 2 is 1.68 bits per heavy atom. The predicted octanol–water partition coefficient (Wildman–Crippen LogP) is 5.24. The number of fused-ring (bicyclic) bond motifs is 1. The Hall–Kier alpha value is -4.39. The summed E-state index contributed by atoms with van der Waals surface area (Å²) in [5.74, 6) is 6.08. The van der Waals surface area contributed by atoms with Gasteiger partial charge in [0.15, 0.2) is 0 Å². The predicted molar refractivity (Wildman–Crippen MR) is 151 cm³/mol. The van der Waals surface area contributed by atoms with Crippen molar-refractivity contribution in [2.24, 2.45) is 0 Å². The van der Waals surface area contributed by atoms with Crippen LogP contribution in [0.3, 0.4) is 0 Å². The van der Waals surface area contributed by atoms with Gasteiger partial charge in [-0.3, -0.25) is 9.69 Å². The molecule has 1 aliphatic heterocycles. The van der Waals surface area contributed by atoms with Crippen molar-refractivity contribution in [3.8, 4) is 11.8 Å². The lowest BCUT2D eigenvalue weighted by molar-refractivity contribution is -0.138. The normalized spacial score (nSPS) is 14.5. The summed E-state index contributed by atoms with van der Waals surface area (Å²) >= 11 is 0. The molecule has 9 heteroatoms. The van der Waals surface area contributed by atoms with Gasteiger partial charge in [0, 0.05) is 66.5 Å². The van der Waals surface area contributed by atoms with Crippen LogP contribution in [-0.2, 0) is 12.7 Å². The van der Waals surface area contributed by atoms with Gasteiger partial charge in [0.25, 0.3) is 5.91 Å². The molecule has 0 radical (unpaired) electrons. The second-order valence-electron chi connectivity index (χ2n) is 9.83. The first-order valence-corrected chi connectivity index (χ1v) is 12.8. The van der Waals surface area contributed by atoms with Crippen LogP contribution in [0.1, 0.15) is 32.6 Å². The van der Waals surface area contributed by atoms with E-state index in [0.717, 1.165) is 35.5 Å². The van der Waals surface area contributed by atoms with Crippen LogP contribution in [0.5, 0.6) is 0 Å². The molecule has 2 heterocycles. The number of pyridine rings is 1. The smallest absolute Gasteiger partial charge is 0.383 e. The zero-order valence-electron chi connectivity index (χ0n) is 21.9. The van der Waals surface area contributed by atoms with Crippen molar-refractivity contribution in [2.75, 3.05) is 44.3 Å². The number of nitrogens with two attached hydrogens (primary N) is 1. The Morgan fingerprint density at radius 3 is 2.38 bits per heavy atom. The molecule has 1 aliphatic rings. The highest BCUT2D eigenvalue weighted by molar-refractivity contribution is 6.04. The van der Waals surface area contributed by atoms with Crippen molar-refractivity contribution in [1.29, 1.82) is 0 Å². The van der Waals surface area contributed by atoms with Gasteiger partial charge < -0.3 is 16.0 Å². The maximum atomic E-state index is 13.9. The topological polar surface area (TPSA) is 74.5 Å². The van der Waals surface area contributed by atoms with E-state index >= 15 is 0 Å². The molecule has 1 amide bonds. The van der Waals surface area contributed by atoms with Gasteiger partial charge in [-0.25, -0.2) is 4.98 Å². The van der Waals surface area contributed by atoms with Crippen LogP contribution in [0.25, 0.3) is 10.8 Å². The Kier molecular flexibility index (Phi) is 7.74. The fraction of sp³-hybridized carbons (Fsp3) is 0.226. The van der Waals surface area contributed by atoms with E-state index in [-0.39, 0.29) is 17.8 Å². The van der Waals surface area contributed by atoms with Gasteiger partial charge in [0.1, 0.15) is 5.82 Å². The maximum absolute atomic E-state index is 13.9. The SMILES string of the molecule is CN1CCN(Cc2ccc(NC(=O)c3ccc(C#Cc4cnc(N)c5ccccc45)cc3)cc2C(F)(F)F)CC1. The van der Waals surface area contributed by atoms with E-state index in [0.29, 0.717) is 30.0 Å². The number of rotatable bonds is 4. The molecule has 0 bridgehead atoms. The number of nitrogens with zero attached hydrogens (tertiary/aromatic N) is 3. The van der Waals surface area contributed by atoms with Gasteiger partial charge in [-0.2, -0.15) is 13.2 Å². The van der Waals surface area contributed by atoms with Crippen molar-refractivity contribution in [3.05, 3.63) is 101 Å². The van der Waals surface area contributed by atoms with Gasteiger partial charge in [-0.15, -0.1) is 0 Å². The average Bonchev–Trinajstić information content (AvgIpc) is 2.94. The second-order valence-corrected chi connectivity index (χ2v) is 9.83. The van der Waals surface area contributed by atoms with E-state index in [4.69, 9.17) is 5.73 Å². The van der Waals surface area contributed by atoms with Crippen molar-refractivity contribution in [2.45, 2.75) is 12.7 Å². The number of benzene rings is 3. The summed E-state index contributed by atoms with van der Waals surface area (Å²) < 4.78 is 41.7. The fourth-order valence-corrected chi connectivity index (χ4v) is 4.66. The van der Waals surface area contributed by atoms with E-state index in [1.807, 2.05) is 36.2 Å². The molecular weight excluding hydrogens is 515 g/mol. The zero-order chi connectivity index (χ0) is 28.3. The Morgan fingerprint density at radius 1 is 0.975 bits per heavy atom. The lowest BCUT2D eigenvalue weighted by Gasteiger charge is -2.33. The highest BCUT2D eigenvalue weighted by Gasteiger charge is 2.34. The number of anilines is 2. The fourth-order valence-electron chi connectivity index (χ4n) is 4.66. The Balaban J connectivity index is 1.29. The summed E-state index contributed by atoms with van der Waals surface area (Å²) in [6.07, 6.45) is -2.91. The van der Waals surface area contributed by atoms with Crippen molar-refractivity contribution in [1.82, 2.24) is 14.8 Å². The molecule has 0 unspecified atom stereocenters. The molecular formula is C31H28F3N5O. The summed E-state index contributed by atoms with van der Waals surface area (Å²) in [6, 6.07) is 18.1. The zero-order valence-corrected chi connectivity index (χ0v) is 21.9. The van der Waals surface area contributed by atoms with Gasteiger partial charge in [0.2, 0.25) is 0 Å². The number of nitrogens with one attached hydrogen (secondary N) is 1. The van der Waals surface area contributed by atoms with Gasteiger partial charge in [-0.05, 0) is 49.0 Å². The molecule has 6 nitrogen and oxygen atoms in total. The number of alkyl halides is 3. The number of likely N-dealkylation sites (N-methyl/N-ethyl adjacent to an activating group) is 1. The molecule has 0 saturated carbocycles. The van der Waals surface area contributed by atoms with E-state index in [1.165, 1.54) is 12.1 Å². The van der Waals surface area contributed by atoms with Crippen molar-refractivity contribution < 1.29 is 18.0 Å². The third-order valence-corrected chi connectivity index (χ3v) is 6.98. The van der Waals surface area contributed by atoms with Gasteiger partial charge >= 0.3 is 6.18 Å². The first-order chi connectivity index (χ1) is 19.2. The number of hydrogen-bond acceptors (Lipinski definition) is 5. The molecule has 5 rings (SSSR count). The lowest BCUT2D eigenvalue weighted by atomic mass is 10.0. The van der Waals surface area contributed by atoms with Crippen LogP contribution >= 0.6 is 0 Å². The maximum Gasteiger partial charge on any atom is 0.416 e. The van der Waals surface area contributed by atoms with E-state index in [1.54, 1.807) is 30.5 Å². The number of carbonyl (C=O) groups excluding carboxylic acids is 1. The molecule has 204 valence electrons. The van der Waals surface area contributed by atoms with Gasteiger partial charge in [0.05, 0.1) is 11.1 Å². The second kappa shape index (κ2) is 11.4. The van der Waals surface area contributed by atoms with Crippen molar-refractivity contribution >= 4 is 28.2 Å². The number of piperazine rings is 1. The highest BCUT2D eigenvalue weighted by Crippen LogP contribution is 2.34. The number of nitrogen functional groups attached to an aromatic ring is 1. The minimum Gasteiger partial charge on any atom is -0.383 e. The summed E-state index contributed by atoms with van der Waals surface area (Å²) in [7, 11) is 2.00. The molecule has 1 saturated heterocycles. The average molecular weight is 544 g/mol. The first kappa shape index (κ1) is 27.2. The van der Waals surface area contributed by atoms with E-state index in [2.05, 4.69) is 27.0 Å². The molecule has 40 heavy (non-hydrogen) atoms. The molecule has 0 aliphatic carbocycles. The lowest BCUT2D eigenvalue weighted by Crippen LogP contribution is -2.44. The highest BCUT2D eigenvalue weighted by atomic mass is 19.4. The van der Waals surface area contributed by atoms with Crippen LogP contribution in [0.15, 0.2) is 72.9 Å². The number of carbonyl (C=O) groups is 1. The van der Waals surface area contributed by atoms with E-state index < -0.39 is 17.6 Å². The van der Waals surface area contributed by atoms with Crippen molar-refractivity contribution in [3.63, 3.8) is 0 Å². The summed E-state index contributed by atoms with van der Waals surface area (Å²) in [5.41, 5.74) is 7.21. The van der Waals surface area contributed by atoms with Crippen LogP contribution in [-0.4, -0.2) is 53.9 Å². The third kappa shape index (κ3) is 6.25. The monoisotopic (exact) mass is 543 g/mol. The molecule has 0 spiro atoms. The van der Waals surface area contributed by atoms with Crippen LogP contribution in [0, 0.1) is 11.8 Å². The quantitative estimate of drug-likeness (QED) is 0.345. The van der Waals surface area contributed by atoms with E-state index in [9.17, 15) is 18.0 Å². The van der Waals surface area contributed by atoms with Crippen LogP contribution in [0.4, 0.5) is 24.7 Å². The minimum absolute atomic E-state index is 0.0889. The minimum atomic E-state index is -4.53.